The van der Waals surface area contributed by atoms with Gasteiger partial charge >= 0.3 is 0 Å². The lowest BCUT2D eigenvalue weighted by atomic mass is 9.75. The van der Waals surface area contributed by atoms with Crippen LogP contribution in [-0.4, -0.2) is 63.4 Å². The summed E-state index contributed by atoms with van der Waals surface area (Å²) in [6.45, 7) is 13.8. The number of aromatic nitrogens is 3. The van der Waals surface area contributed by atoms with E-state index in [4.69, 9.17) is 0 Å². The minimum absolute atomic E-state index is 0.114. The van der Waals surface area contributed by atoms with Crippen LogP contribution in [0.15, 0.2) is 43.1 Å². The van der Waals surface area contributed by atoms with E-state index in [0.29, 0.717) is 18.5 Å². The first-order valence-electron chi connectivity index (χ1n) is 11.4. The lowest BCUT2D eigenvalue weighted by molar-refractivity contribution is -0.142. The normalized spacial score (nSPS) is 25.4. The largest absolute Gasteiger partial charge is 0.342 e. The van der Waals surface area contributed by atoms with E-state index >= 15 is 0 Å². The molecule has 0 aliphatic carbocycles. The molecule has 3 aliphatic rings. The van der Waals surface area contributed by atoms with Gasteiger partial charge in [-0.05, 0) is 36.3 Å². The highest BCUT2D eigenvalue weighted by Crippen LogP contribution is 2.37. The lowest BCUT2D eigenvalue weighted by Crippen LogP contribution is -2.58. The zero-order chi connectivity index (χ0) is 22.2. The Morgan fingerprint density at radius 3 is 2.65 bits per heavy atom. The van der Waals surface area contributed by atoms with Crippen molar-refractivity contribution in [2.45, 2.75) is 51.6 Å². The van der Waals surface area contributed by atoms with Crippen LogP contribution in [0.25, 0.3) is 11.3 Å². The van der Waals surface area contributed by atoms with E-state index in [1.165, 1.54) is 5.56 Å². The Balaban J connectivity index is 1.40. The molecule has 0 radical (unpaired) electrons. The molecule has 6 nitrogen and oxygen atoms in total. The minimum Gasteiger partial charge on any atom is -0.342 e. The second-order valence-electron chi connectivity index (χ2n) is 10.2. The molecule has 1 unspecified atom stereocenters. The summed E-state index contributed by atoms with van der Waals surface area (Å²) in [5, 5.41) is 8.82. The quantitative estimate of drug-likeness (QED) is 0.669. The molecular formula is C25H35N5O. The molecule has 166 valence electrons. The number of carbonyl (C=O) groups is 1. The molecule has 31 heavy (non-hydrogen) atoms. The van der Waals surface area contributed by atoms with E-state index in [0.717, 1.165) is 43.7 Å². The van der Waals surface area contributed by atoms with E-state index < -0.39 is 0 Å². The fraction of sp³-hybridized carbons (Fsp3) is 0.560. The molecule has 1 aromatic heterocycles. The van der Waals surface area contributed by atoms with Gasteiger partial charge in [0.1, 0.15) is 5.69 Å². The van der Waals surface area contributed by atoms with Crippen LogP contribution in [0.4, 0.5) is 0 Å². The number of amides is 1. The maximum Gasteiger partial charge on any atom is 0.227 e. The molecule has 2 aromatic rings. The van der Waals surface area contributed by atoms with Gasteiger partial charge in [0.2, 0.25) is 5.91 Å². The third kappa shape index (κ3) is 4.59. The third-order valence-corrected chi connectivity index (χ3v) is 6.96. The van der Waals surface area contributed by atoms with E-state index in [-0.39, 0.29) is 17.2 Å². The first-order chi connectivity index (χ1) is 14.8. The van der Waals surface area contributed by atoms with Gasteiger partial charge in [-0.2, -0.15) is 0 Å². The highest BCUT2D eigenvalue weighted by molar-refractivity contribution is 5.79. The molecule has 1 aromatic carbocycles. The number of fused-ring (bicyclic) bond motifs is 3. The molecule has 3 aliphatic heterocycles. The summed E-state index contributed by atoms with van der Waals surface area (Å²) in [6, 6.07) is 9.06. The monoisotopic (exact) mass is 421 g/mol. The average Bonchev–Trinajstić information content (AvgIpc) is 3.22. The average molecular weight is 422 g/mol. The van der Waals surface area contributed by atoms with Crippen LogP contribution in [0.1, 0.15) is 39.2 Å². The Hall–Kier alpha value is -2.47. The van der Waals surface area contributed by atoms with Crippen LogP contribution in [0.5, 0.6) is 0 Å². The third-order valence-electron chi connectivity index (χ3n) is 6.96. The van der Waals surface area contributed by atoms with Crippen LogP contribution < -0.4 is 0 Å². The van der Waals surface area contributed by atoms with Gasteiger partial charge in [-0.25, -0.2) is 0 Å². The topological polar surface area (TPSA) is 54.3 Å². The van der Waals surface area contributed by atoms with Gasteiger partial charge in [0.15, 0.2) is 0 Å². The molecule has 4 heterocycles. The van der Waals surface area contributed by atoms with Crippen LogP contribution in [-0.2, 0) is 16.8 Å². The minimum atomic E-state index is 0.114. The Morgan fingerprint density at radius 2 is 2.03 bits per heavy atom. The summed E-state index contributed by atoms with van der Waals surface area (Å²) in [5.41, 5.74) is 3.47. The molecule has 0 N–H and O–H groups in total. The molecule has 3 fully saturated rings. The Morgan fingerprint density at radius 1 is 1.29 bits per heavy atom. The van der Waals surface area contributed by atoms with Gasteiger partial charge in [0, 0.05) is 31.7 Å². The zero-order valence-electron chi connectivity index (χ0n) is 19.3. The molecular weight excluding hydrogens is 386 g/mol. The number of likely N-dealkylation sites (N-methyl/N-ethyl adjacent to an activating group) is 1. The number of carbonyl (C=O) groups excluding carboxylic acids is 1. The van der Waals surface area contributed by atoms with Crippen LogP contribution in [0.3, 0.4) is 0 Å². The van der Waals surface area contributed by atoms with Crippen molar-refractivity contribution < 1.29 is 4.79 Å². The molecule has 2 bridgehead atoms. The second-order valence-corrected chi connectivity index (χ2v) is 10.2. The lowest BCUT2D eigenvalue weighted by Gasteiger charge is -2.49. The number of benzene rings is 1. The maximum absolute atomic E-state index is 12.8. The second kappa shape index (κ2) is 8.58. The van der Waals surface area contributed by atoms with Gasteiger partial charge < -0.3 is 4.90 Å². The van der Waals surface area contributed by atoms with Crippen molar-refractivity contribution in [2.24, 2.45) is 11.8 Å². The molecule has 0 saturated carbocycles. The van der Waals surface area contributed by atoms with Crippen LogP contribution in [0, 0.1) is 11.8 Å². The standard InChI is InChI=1S/C25H35N5O/c1-6-12-28(5)24(31)22-16-29-13-11-19(22)14-21(29)15-30-17-23(26-27-30)18-7-9-20(10-8-18)25(2,3)4/h6-10,17,19,21-22H,1,11-16H2,2-5H3/t19-,21+,22-/m0/s1. The number of piperidine rings is 3. The van der Waals surface area contributed by atoms with Crippen molar-refractivity contribution in [3.05, 3.63) is 48.7 Å². The van der Waals surface area contributed by atoms with Crippen LogP contribution >= 0.6 is 0 Å². The van der Waals surface area contributed by atoms with Crippen molar-refractivity contribution in [2.75, 3.05) is 26.7 Å². The number of hydrogen-bond acceptors (Lipinski definition) is 4. The maximum atomic E-state index is 12.8. The van der Waals surface area contributed by atoms with Gasteiger partial charge in [0.05, 0.1) is 18.7 Å². The highest BCUT2D eigenvalue weighted by atomic mass is 16.2. The van der Waals surface area contributed by atoms with Crippen molar-refractivity contribution in [1.82, 2.24) is 24.8 Å². The fourth-order valence-corrected chi connectivity index (χ4v) is 5.05. The van der Waals surface area contributed by atoms with Crippen molar-refractivity contribution in [3.63, 3.8) is 0 Å². The van der Waals surface area contributed by atoms with E-state index in [9.17, 15) is 4.79 Å². The summed E-state index contributed by atoms with van der Waals surface area (Å²) in [7, 11) is 1.88. The summed E-state index contributed by atoms with van der Waals surface area (Å²) >= 11 is 0. The molecule has 3 saturated heterocycles. The number of hydrogen-bond donors (Lipinski definition) is 0. The first-order valence-corrected chi connectivity index (χ1v) is 11.4. The Kier molecular flexibility index (Phi) is 6.02. The van der Waals surface area contributed by atoms with Crippen LogP contribution in [0.2, 0.25) is 0 Å². The summed E-state index contributed by atoms with van der Waals surface area (Å²) in [4.78, 5) is 17.1. The summed E-state index contributed by atoms with van der Waals surface area (Å²) < 4.78 is 1.97. The Labute approximate surface area is 185 Å². The van der Waals surface area contributed by atoms with Gasteiger partial charge in [-0.15, -0.1) is 11.7 Å². The SMILES string of the molecule is C=CCN(C)C(=O)[C@H]1CN2CC[C@H]1C[C@@H]2Cn1cc(-c2ccc(C(C)(C)C)cc2)nn1. The Bertz CT molecular complexity index is 926. The zero-order valence-corrected chi connectivity index (χ0v) is 19.3. The highest BCUT2D eigenvalue weighted by Gasteiger charge is 2.44. The van der Waals surface area contributed by atoms with E-state index in [1.807, 2.05) is 16.6 Å². The van der Waals surface area contributed by atoms with Gasteiger partial charge in [-0.1, -0.05) is 56.3 Å². The molecule has 5 rings (SSSR count). The fourth-order valence-electron chi connectivity index (χ4n) is 5.05. The van der Waals surface area contributed by atoms with Crippen molar-refractivity contribution in [3.8, 4) is 11.3 Å². The first kappa shape index (κ1) is 21.8. The van der Waals surface area contributed by atoms with Crippen molar-refractivity contribution >= 4 is 5.91 Å². The smallest absolute Gasteiger partial charge is 0.227 e. The molecule has 6 heteroatoms. The van der Waals surface area contributed by atoms with Crippen molar-refractivity contribution in [1.29, 1.82) is 0 Å². The number of rotatable bonds is 6. The van der Waals surface area contributed by atoms with Gasteiger partial charge in [-0.3, -0.25) is 14.4 Å². The van der Waals surface area contributed by atoms with Gasteiger partial charge in [0.25, 0.3) is 0 Å². The molecule has 4 atom stereocenters. The number of nitrogens with zero attached hydrogens (tertiary/aromatic N) is 5. The van der Waals surface area contributed by atoms with E-state index in [1.54, 1.807) is 6.08 Å². The predicted octanol–water partition coefficient (Wildman–Crippen LogP) is 3.60. The molecule has 0 spiro atoms. The summed E-state index contributed by atoms with van der Waals surface area (Å²) in [5.74, 6) is 0.833. The molecule has 1 amide bonds. The predicted molar refractivity (Wildman–Crippen MR) is 124 cm³/mol. The van der Waals surface area contributed by atoms with E-state index in [2.05, 4.69) is 73.0 Å². The summed E-state index contributed by atoms with van der Waals surface area (Å²) in [6.07, 6.45) is 6.00.